The van der Waals surface area contributed by atoms with Crippen molar-refractivity contribution in [3.63, 3.8) is 0 Å². The third kappa shape index (κ3) is 5.25. The maximum absolute atomic E-state index is 13.2. The molecule has 0 saturated heterocycles. The van der Waals surface area contributed by atoms with Crippen LogP contribution in [0.5, 0.6) is 11.5 Å². The van der Waals surface area contributed by atoms with Crippen LogP contribution in [0.15, 0.2) is 65.1 Å². The van der Waals surface area contributed by atoms with E-state index in [1.54, 1.807) is 61.5 Å². The fraction of sp³-hybridized carbons (Fsp3) is 0.185. The Hall–Kier alpha value is -3.97. The minimum Gasteiger partial charge on any atom is -0.492 e. The fourth-order valence-electron chi connectivity index (χ4n) is 3.68. The summed E-state index contributed by atoms with van der Waals surface area (Å²) in [6.45, 7) is 6.18. The van der Waals surface area contributed by atoms with Crippen LogP contribution >= 0.6 is 11.6 Å². The Morgan fingerprint density at radius 3 is 2.06 bits per heavy atom. The molecule has 180 valence electrons. The van der Waals surface area contributed by atoms with E-state index < -0.39 is 5.91 Å². The average Bonchev–Trinajstić information content (AvgIpc) is 3.18. The second-order valence-corrected chi connectivity index (χ2v) is 8.12. The Balaban J connectivity index is 1.67. The van der Waals surface area contributed by atoms with E-state index in [4.69, 9.17) is 25.5 Å². The molecule has 0 atom stereocenters. The van der Waals surface area contributed by atoms with Crippen molar-refractivity contribution in [1.82, 2.24) is 0 Å². The summed E-state index contributed by atoms with van der Waals surface area (Å²) in [5.74, 6) is 0.207. The van der Waals surface area contributed by atoms with Crippen molar-refractivity contribution in [2.75, 3.05) is 23.8 Å². The van der Waals surface area contributed by atoms with Gasteiger partial charge in [0.2, 0.25) is 0 Å². The standard InChI is InChI=1S/C27H25ClN2O5/c1-4-33-23-15-21(30-27(32)25-16(3)19-13-18(28)11-12-22(19)35-25)24(34-5-2)14-20(23)29-26(31)17-9-7-6-8-10-17/h6-15H,4-5H2,1-3H3,(H,29,31)(H,30,32). The third-order valence-corrected chi connectivity index (χ3v) is 5.55. The number of amides is 2. The van der Waals surface area contributed by atoms with Gasteiger partial charge in [-0.05, 0) is 51.1 Å². The van der Waals surface area contributed by atoms with Crippen LogP contribution in [0.2, 0.25) is 5.02 Å². The smallest absolute Gasteiger partial charge is 0.291 e. The van der Waals surface area contributed by atoms with Gasteiger partial charge in [-0.1, -0.05) is 29.8 Å². The zero-order chi connectivity index (χ0) is 24.9. The summed E-state index contributed by atoms with van der Waals surface area (Å²) in [5, 5.41) is 7.05. The molecule has 0 fully saturated rings. The number of hydrogen-bond donors (Lipinski definition) is 2. The van der Waals surface area contributed by atoms with E-state index in [1.165, 1.54) is 0 Å². The molecule has 4 aromatic rings. The average molecular weight is 493 g/mol. The number of hydrogen-bond acceptors (Lipinski definition) is 5. The number of rotatable bonds is 8. The van der Waals surface area contributed by atoms with Crippen molar-refractivity contribution < 1.29 is 23.5 Å². The molecule has 35 heavy (non-hydrogen) atoms. The Labute approximate surface area is 208 Å². The summed E-state index contributed by atoms with van der Waals surface area (Å²) in [4.78, 5) is 25.9. The number of benzene rings is 3. The first-order valence-electron chi connectivity index (χ1n) is 11.2. The third-order valence-electron chi connectivity index (χ3n) is 5.32. The predicted molar refractivity (Wildman–Crippen MR) is 137 cm³/mol. The molecule has 7 nitrogen and oxygen atoms in total. The predicted octanol–water partition coefficient (Wildman–Crippen LogP) is 6.70. The van der Waals surface area contributed by atoms with E-state index in [1.807, 2.05) is 19.9 Å². The molecule has 0 radical (unpaired) electrons. The molecule has 2 amide bonds. The number of fused-ring (bicyclic) bond motifs is 1. The SMILES string of the molecule is CCOc1cc(NC(=O)c2oc3ccc(Cl)cc3c2C)c(OCC)cc1NC(=O)c1ccccc1. The quantitative estimate of drug-likeness (QED) is 0.286. The van der Waals surface area contributed by atoms with Gasteiger partial charge in [0.1, 0.15) is 17.1 Å². The largest absolute Gasteiger partial charge is 0.492 e. The molecular weight excluding hydrogens is 468 g/mol. The molecule has 0 aliphatic carbocycles. The van der Waals surface area contributed by atoms with Gasteiger partial charge < -0.3 is 24.5 Å². The van der Waals surface area contributed by atoms with Gasteiger partial charge in [-0.15, -0.1) is 0 Å². The molecule has 3 aromatic carbocycles. The van der Waals surface area contributed by atoms with Crippen LogP contribution in [-0.2, 0) is 0 Å². The van der Waals surface area contributed by atoms with Crippen molar-refractivity contribution in [3.05, 3.63) is 82.6 Å². The molecule has 2 N–H and O–H groups in total. The molecule has 8 heteroatoms. The van der Waals surface area contributed by atoms with Crippen molar-refractivity contribution in [2.45, 2.75) is 20.8 Å². The lowest BCUT2D eigenvalue weighted by Gasteiger charge is -2.17. The van der Waals surface area contributed by atoms with Crippen molar-refractivity contribution in [1.29, 1.82) is 0 Å². The molecule has 0 spiro atoms. The summed E-state index contributed by atoms with van der Waals surface area (Å²) in [5.41, 5.74) is 2.56. The number of ether oxygens (including phenoxy) is 2. The van der Waals surface area contributed by atoms with E-state index in [9.17, 15) is 9.59 Å². The van der Waals surface area contributed by atoms with Crippen LogP contribution < -0.4 is 20.1 Å². The van der Waals surface area contributed by atoms with E-state index >= 15 is 0 Å². The number of aryl methyl sites for hydroxylation is 1. The van der Waals surface area contributed by atoms with Crippen LogP contribution in [0, 0.1) is 6.92 Å². The highest BCUT2D eigenvalue weighted by atomic mass is 35.5. The van der Waals surface area contributed by atoms with Gasteiger partial charge in [-0.2, -0.15) is 0 Å². The van der Waals surface area contributed by atoms with E-state index in [0.717, 1.165) is 5.39 Å². The number of halogens is 1. The van der Waals surface area contributed by atoms with Crippen LogP contribution in [0.1, 0.15) is 40.3 Å². The molecule has 0 aliphatic heterocycles. The lowest BCUT2D eigenvalue weighted by molar-refractivity contribution is 0.0995. The number of carbonyl (C=O) groups is 2. The van der Waals surface area contributed by atoms with Crippen molar-refractivity contribution in [2.24, 2.45) is 0 Å². The van der Waals surface area contributed by atoms with Gasteiger partial charge in [0.05, 0.1) is 24.6 Å². The van der Waals surface area contributed by atoms with Crippen molar-refractivity contribution in [3.8, 4) is 11.5 Å². The Kier molecular flexibility index (Phi) is 7.27. The molecule has 0 unspecified atom stereocenters. The lowest BCUT2D eigenvalue weighted by atomic mass is 10.1. The number of anilines is 2. The maximum Gasteiger partial charge on any atom is 0.291 e. The first-order chi connectivity index (χ1) is 16.9. The number of furan rings is 1. The van der Waals surface area contributed by atoms with Gasteiger partial charge in [-0.3, -0.25) is 9.59 Å². The van der Waals surface area contributed by atoms with E-state index in [2.05, 4.69) is 10.6 Å². The fourth-order valence-corrected chi connectivity index (χ4v) is 3.85. The molecule has 4 rings (SSSR count). The van der Waals surface area contributed by atoms with Crippen LogP contribution in [-0.4, -0.2) is 25.0 Å². The Morgan fingerprint density at radius 2 is 1.46 bits per heavy atom. The second-order valence-electron chi connectivity index (χ2n) is 7.68. The molecule has 1 aromatic heterocycles. The van der Waals surface area contributed by atoms with Gasteiger partial charge in [0.25, 0.3) is 11.8 Å². The minimum atomic E-state index is -0.445. The summed E-state index contributed by atoms with van der Waals surface area (Å²) < 4.78 is 17.3. The van der Waals surface area contributed by atoms with Gasteiger partial charge in [-0.25, -0.2) is 0 Å². The summed E-state index contributed by atoms with van der Waals surface area (Å²) in [6.07, 6.45) is 0. The van der Waals surface area contributed by atoms with Gasteiger partial charge >= 0.3 is 0 Å². The topological polar surface area (TPSA) is 89.8 Å². The van der Waals surface area contributed by atoms with Crippen LogP contribution in [0.25, 0.3) is 11.0 Å². The normalized spacial score (nSPS) is 10.7. The summed E-state index contributed by atoms with van der Waals surface area (Å²) >= 11 is 6.10. The number of nitrogens with one attached hydrogen (secondary N) is 2. The summed E-state index contributed by atoms with van der Waals surface area (Å²) in [7, 11) is 0. The monoisotopic (exact) mass is 492 g/mol. The zero-order valence-corrected chi connectivity index (χ0v) is 20.4. The molecule has 1 heterocycles. The summed E-state index contributed by atoms with van der Waals surface area (Å²) in [6, 6.07) is 17.3. The van der Waals surface area contributed by atoms with E-state index in [0.29, 0.717) is 57.8 Å². The maximum atomic E-state index is 13.2. The lowest BCUT2D eigenvalue weighted by Crippen LogP contribution is -2.16. The van der Waals surface area contributed by atoms with Gasteiger partial charge in [0, 0.05) is 33.7 Å². The van der Waals surface area contributed by atoms with Crippen molar-refractivity contribution >= 4 is 45.8 Å². The highest BCUT2D eigenvalue weighted by Crippen LogP contribution is 2.38. The highest BCUT2D eigenvalue weighted by Gasteiger charge is 2.21. The number of carbonyl (C=O) groups excluding carboxylic acids is 2. The second kappa shape index (κ2) is 10.5. The first kappa shape index (κ1) is 24.2. The Bertz CT molecular complexity index is 1380. The van der Waals surface area contributed by atoms with E-state index in [-0.39, 0.29) is 11.7 Å². The molecule has 0 aliphatic rings. The molecular formula is C27H25ClN2O5. The highest BCUT2D eigenvalue weighted by molar-refractivity contribution is 6.31. The molecule has 0 saturated carbocycles. The zero-order valence-electron chi connectivity index (χ0n) is 19.6. The minimum absolute atomic E-state index is 0.170. The van der Waals surface area contributed by atoms with Crippen LogP contribution in [0.4, 0.5) is 11.4 Å². The molecule has 0 bridgehead atoms. The van der Waals surface area contributed by atoms with Crippen LogP contribution in [0.3, 0.4) is 0 Å². The first-order valence-corrected chi connectivity index (χ1v) is 11.6. The Morgan fingerprint density at radius 1 is 0.857 bits per heavy atom. The van der Waals surface area contributed by atoms with Gasteiger partial charge in [0.15, 0.2) is 5.76 Å².